The molecule has 1 aromatic rings. The minimum Gasteiger partial charge on any atom is -0.481 e. The summed E-state index contributed by atoms with van der Waals surface area (Å²) in [4.78, 5) is 40.4. The fraction of sp³-hybridized carbons (Fsp3) is 0.550. The van der Waals surface area contributed by atoms with Gasteiger partial charge in [-0.1, -0.05) is 25.1 Å². The van der Waals surface area contributed by atoms with Gasteiger partial charge in [0, 0.05) is 31.7 Å². The smallest absolute Gasteiger partial charge is 0.306 e. The highest BCUT2D eigenvalue weighted by atomic mass is 16.4. The van der Waals surface area contributed by atoms with Crippen molar-refractivity contribution in [3.63, 3.8) is 0 Å². The summed E-state index contributed by atoms with van der Waals surface area (Å²) in [5.41, 5.74) is 0.650. The Morgan fingerprint density at radius 1 is 1.00 bits per heavy atom. The quantitative estimate of drug-likeness (QED) is 0.898. The molecular weight excluding hydrogens is 332 g/mol. The number of carbonyl (C=O) groups is 3. The van der Waals surface area contributed by atoms with Crippen LogP contribution in [0.5, 0.6) is 0 Å². The summed E-state index contributed by atoms with van der Waals surface area (Å²) < 4.78 is 0. The molecule has 0 bridgehead atoms. The second-order valence-corrected chi connectivity index (χ2v) is 7.45. The Hall–Kier alpha value is -2.37. The van der Waals surface area contributed by atoms with Crippen molar-refractivity contribution >= 4 is 17.8 Å². The van der Waals surface area contributed by atoms with E-state index in [4.69, 9.17) is 0 Å². The molecule has 0 radical (unpaired) electrons. The Balaban J connectivity index is 1.62. The van der Waals surface area contributed by atoms with Crippen LogP contribution in [-0.4, -0.2) is 58.9 Å². The van der Waals surface area contributed by atoms with Gasteiger partial charge in [-0.05, 0) is 37.3 Å². The molecule has 1 aromatic carbocycles. The summed E-state index contributed by atoms with van der Waals surface area (Å²) in [6.07, 6.45) is 2.10. The summed E-state index contributed by atoms with van der Waals surface area (Å²) >= 11 is 0. The van der Waals surface area contributed by atoms with Crippen molar-refractivity contribution in [3.8, 4) is 0 Å². The highest BCUT2D eigenvalue weighted by molar-refractivity contribution is 5.94. The second-order valence-electron chi connectivity index (χ2n) is 7.45. The van der Waals surface area contributed by atoms with Crippen molar-refractivity contribution in [2.45, 2.75) is 26.2 Å². The Bertz CT molecular complexity index is 676. The highest BCUT2D eigenvalue weighted by Crippen LogP contribution is 2.27. The zero-order chi connectivity index (χ0) is 18.7. The van der Waals surface area contributed by atoms with Gasteiger partial charge in [0.15, 0.2) is 0 Å². The van der Waals surface area contributed by atoms with E-state index in [9.17, 15) is 19.5 Å². The molecule has 0 aromatic heterocycles. The lowest BCUT2D eigenvalue weighted by molar-refractivity contribution is -0.150. The number of piperidine rings is 2. The molecule has 2 heterocycles. The van der Waals surface area contributed by atoms with E-state index in [-0.39, 0.29) is 29.6 Å². The maximum Gasteiger partial charge on any atom is 0.306 e. The Labute approximate surface area is 153 Å². The fourth-order valence-electron chi connectivity index (χ4n) is 4.10. The molecule has 2 aliphatic rings. The van der Waals surface area contributed by atoms with Crippen LogP contribution in [0, 0.1) is 17.8 Å². The first-order valence-corrected chi connectivity index (χ1v) is 9.33. The van der Waals surface area contributed by atoms with Gasteiger partial charge in [-0.15, -0.1) is 0 Å². The van der Waals surface area contributed by atoms with Crippen molar-refractivity contribution < 1.29 is 19.5 Å². The Morgan fingerprint density at radius 2 is 1.73 bits per heavy atom. The van der Waals surface area contributed by atoms with Gasteiger partial charge in [-0.25, -0.2) is 0 Å². The van der Waals surface area contributed by atoms with Crippen molar-refractivity contribution in [2.75, 3.05) is 26.2 Å². The van der Waals surface area contributed by atoms with E-state index >= 15 is 0 Å². The number of likely N-dealkylation sites (tertiary alicyclic amines) is 2. The van der Waals surface area contributed by atoms with Crippen LogP contribution in [0.1, 0.15) is 36.5 Å². The first-order chi connectivity index (χ1) is 12.5. The van der Waals surface area contributed by atoms with Crippen LogP contribution in [0.2, 0.25) is 0 Å². The first-order valence-electron chi connectivity index (χ1n) is 9.33. The van der Waals surface area contributed by atoms with Gasteiger partial charge in [-0.3, -0.25) is 14.4 Å². The normalized spacial score (nSPS) is 26.4. The monoisotopic (exact) mass is 358 g/mol. The molecule has 26 heavy (non-hydrogen) atoms. The van der Waals surface area contributed by atoms with Crippen LogP contribution in [-0.2, 0) is 9.59 Å². The van der Waals surface area contributed by atoms with E-state index in [0.29, 0.717) is 38.2 Å². The van der Waals surface area contributed by atoms with Gasteiger partial charge in [-0.2, -0.15) is 0 Å². The summed E-state index contributed by atoms with van der Waals surface area (Å²) in [5.74, 6) is -1.35. The number of carboxylic acids is 1. The maximum atomic E-state index is 12.9. The van der Waals surface area contributed by atoms with Crippen LogP contribution in [0.3, 0.4) is 0 Å². The Morgan fingerprint density at radius 3 is 2.38 bits per heavy atom. The third-order valence-electron chi connectivity index (χ3n) is 5.61. The van der Waals surface area contributed by atoms with Crippen molar-refractivity contribution in [1.29, 1.82) is 0 Å². The predicted octanol–water partition coefficient (Wildman–Crippen LogP) is 2.11. The molecule has 3 rings (SSSR count). The van der Waals surface area contributed by atoms with Crippen LogP contribution in [0.15, 0.2) is 30.3 Å². The van der Waals surface area contributed by atoms with Gasteiger partial charge in [0.05, 0.1) is 11.8 Å². The molecule has 6 nitrogen and oxygen atoms in total. The summed E-state index contributed by atoms with van der Waals surface area (Å²) in [7, 11) is 0. The largest absolute Gasteiger partial charge is 0.481 e. The zero-order valence-electron chi connectivity index (χ0n) is 15.1. The van der Waals surface area contributed by atoms with E-state index < -0.39 is 5.97 Å². The molecule has 1 N–H and O–H groups in total. The van der Waals surface area contributed by atoms with Gasteiger partial charge >= 0.3 is 5.97 Å². The van der Waals surface area contributed by atoms with Crippen LogP contribution in [0.4, 0.5) is 0 Å². The van der Waals surface area contributed by atoms with E-state index in [1.165, 1.54) is 0 Å². The molecule has 0 aliphatic carbocycles. The molecule has 3 unspecified atom stereocenters. The summed E-state index contributed by atoms with van der Waals surface area (Å²) in [5, 5.41) is 9.24. The molecular formula is C20H26N2O4. The van der Waals surface area contributed by atoms with Crippen molar-refractivity contribution in [2.24, 2.45) is 17.8 Å². The van der Waals surface area contributed by atoms with Crippen LogP contribution >= 0.6 is 0 Å². The average Bonchev–Trinajstić information content (AvgIpc) is 2.67. The SMILES string of the molecule is CC1CN(C(=O)C2CCCN(C(=O)c3ccccc3)C2)CCC1C(=O)O. The number of hydrogen-bond donors (Lipinski definition) is 1. The van der Waals surface area contributed by atoms with E-state index in [1.54, 1.807) is 21.9 Å². The number of benzene rings is 1. The molecule has 140 valence electrons. The molecule has 2 saturated heterocycles. The predicted molar refractivity (Wildman–Crippen MR) is 96.6 cm³/mol. The number of carbonyl (C=O) groups excluding carboxylic acids is 2. The molecule has 2 amide bonds. The number of carboxylic acid groups (broad SMARTS) is 1. The van der Waals surface area contributed by atoms with E-state index in [1.807, 2.05) is 25.1 Å². The maximum absolute atomic E-state index is 12.9. The number of hydrogen-bond acceptors (Lipinski definition) is 3. The third-order valence-corrected chi connectivity index (χ3v) is 5.61. The minimum atomic E-state index is -0.776. The standard InChI is InChI=1S/C20H26N2O4/c1-14-12-22(11-9-17(14)20(25)26)19(24)16-8-5-10-21(13-16)18(23)15-6-3-2-4-7-15/h2-4,6-7,14,16-17H,5,8-13H2,1H3,(H,25,26). The molecule has 2 aliphatic heterocycles. The van der Waals surface area contributed by atoms with Gasteiger partial charge in [0.1, 0.15) is 0 Å². The molecule has 2 fully saturated rings. The lowest BCUT2D eigenvalue weighted by Gasteiger charge is -2.39. The minimum absolute atomic E-state index is 0.0268. The number of nitrogens with zero attached hydrogens (tertiary/aromatic N) is 2. The number of rotatable bonds is 3. The summed E-state index contributed by atoms with van der Waals surface area (Å²) in [6.45, 7) is 3.99. The van der Waals surface area contributed by atoms with Crippen molar-refractivity contribution in [3.05, 3.63) is 35.9 Å². The Kier molecular flexibility index (Phi) is 5.59. The van der Waals surface area contributed by atoms with Gasteiger partial charge in [0.2, 0.25) is 5.91 Å². The fourth-order valence-corrected chi connectivity index (χ4v) is 4.10. The van der Waals surface area contributed by atoms with Gasteiger partial charge < -0.3 is 14.9 Å². The van der Waals surface area contributed by atoms with Crippen LogP contribution in [0.25, 0.3) is 0 Å². The topological polar surface area (TPSA) is 77.9 Å². The first kappa shape index (κ1) is 18.4. The molecule has 3 atom stereocenters. The second kappa shape index (κ2) is 7.89. The number of aliphatic carboxylic acids is 1. The van der Waals surface area contributed by atoms with E-state index in [0.717, 1.165) is 12.8 Å². The third kappa shape index (κ3) is 3.89. The van der Waals surface area contributed by atoms with Gasteiger partial charge in [0.25, 0.3) is 5.91 Å². The van der Waals surface area contributed by atoms with Crippen molar-refractivity contribution in [1.82, 2.24) is 9.80 Å². The molecule has 0 saturated carbocycles. The zero-order valence-corrected chi connectivity index (χ0v) is 15.1. The molecule has 6 heteroatoms. The average molecular weight is 358 g/mol. The summed E-state index contributed by atoms with van der Waals surface area (Å²) in [6, 6.07) is 9.15. The van der Waals surface area contributed by atoms with E-state index in [2.05, 4.69) is 0 Å². The lowest BCUT2D eigenvalue weighted by Crippen LogP contribution is -2.51. The number of amides is 2. The molecule has 0 spiro atoms. The van der Waals surface area contributed by atoms with Crippen LogP contribution < -0.4 is 0 Å². The lowest BCUT2D eigenvalue weighted by atomic mass is 9.86. The highest BCUT2D eigenvalue weighted by Gasteiger charge is 2.37.